The number of thiophene rings is 4. The molecule has 16 aromatic carbocycles. The van der Waals surface area contributed by atoms with Crippen LogP contribution >= 0.6 is 45.3 Å². The van der Waals surface area contributed by atoms with Gasteiger partial charge in [0.05, 0.1) is 0 Å². The summed E-state index contributed by atoms with van der Waals surface area (Å²) in [6.45, 7) is 40.8. The molecule has 672 valence electrons. The van der Waals surface area contributed by atoms with E-state index in [0.717, 1.165) is 96.0 Å². The first-order chi connectivity index (χ1) is 65.3. The topological polar surface area (TPSA) is 52.6 Å². The molecule has 0 spiro atoms. The monoisotopic (exact) mass is 1810 g/mol. The molecular formula is C124H128O4S4. The highest BCUT2D eigenvalue weighted by Gasteiger charge is 2.22. The van der Waals surface area contributed by atoms with Gasteiger partial charge in [-0.3, -0.25) is 0 Å². The van der Waals surface area contributed by atoms with Gasteiger partial charge in [0.25, 0.3) is 0 Å². The summed E-state index contributed by atoms with van der Waals surface area (Å²) < 4.78 is 36.1. The van der Waals surface area contributed by atoms with Crippen LogP contribution in [0.3, 0.4) is 0 Å². The van der Waals surface area contributed by atoms with E-state index >= 15 is 0 Å². The highest BCUT2D eigenvalue weighted by atomic mass is 32.1. The van der Waals surface area contributed by atoms with Crippen LogP contribution in [0.4, 0.5) is 0 Å². The number of benzene rings is 16. The second-order valence-electron chi connectivity index (χ2n) is 30.5. The molecular weight excluding hydrogens is 1680 g/mol. The van der Waals surface area contributed by atoms with E-state index in [2.05, 4.69) is 319 Å². The zero-order chi connectivity index (χ0) is 93.5. The third kappa shape index (κ3) is 19.6. The van der Waals surface area contributed by atoms with Crippen molar-refractivity contribution in [3.05, 3.63) is 382 Å². The Bertz CT molecular complexity index is 7920. The van der Waals surface area contributed by atoms with Crippen molar-refractivity contribution in [3.63, 3.8) is 0 Å². The lowest BCUT2D eigenvalue weighted by molar-refractivity contribution is 0.663. The maximum Gasteiger partial charge on any atom is 0.139 e. The van der Waals surface area contributed by atoms with Gasteiger partial charge in [-0.1, -0.05) is 369 Å². The Morgan fingerprint density at radius 1 is 0.167 bits per heavy atom. The molecule has 0 saturated heterocycles. The zero-order valence-corrected chi connectivity index (χ0v) is 84.2. The van der Waals surface area contributed by atoms with E-state index in [0.29, 0.717) is 0 Å². The molecule has 0 radical (unpaired) electrons. The molecule has 0 atom stereocenters. The van der Waals surface area contributed by atoms with Crippen molar-refractivity contribution in [3.8, 4) is 0 Å². The number of hydrogen-bond acceptors (Lipinski definition) is 8. The van der Waals surface area contributed by atoms with Gasteiger partial charge in [-0.05, 0) is 190 Å². The van der Waals surface area contributed by atoms with Crippen LogP contribution in [0.25, 0.3) is 168 Å². The van der Waals surface area contributed by atoms with Gasteiger partial charge >= 0.3 is 0 Å². The molecule has 8 heterocycles. The fraction of sp³-hybridized carbons (Fsp3) is 0.226. The molecule has 0 saturated carbocycles. The van der Waals surface area contributed by atoms with Crippen LogP contribution in [0.5, 0.6) is 0 Å². The molecule has 0 fully saturated rings. The fourth-order valence-corrected chi connectivity index (χ4v) is 22.6. The van der Waals surface area contributed by atoms with E-state index in [9.17, 15) is 0 Å². The van der Waals surface area contributed by atoms with Crippen molar-refractivity contribution in [2.75, 3.05) is 0 Å². The Morgan fingerprint density at radius 3 is 0.750 bits per heavy atom. The first-order valence-electron chi connectivity index (χ1n) is 48.6. The van der Waals surface area contributed by atoms with Crippen LogP contribution in [-0.2, 0) is 51.4 Å². The summed E-state index contributed by atoms with van der Waals surface area (Å²) in [5, 5.41) is 20.9. The largest absolute Gasteiger partial charge is 0.456 e. The highest BCUT2D eigenvalue weighted by molar-refractivity contribution is 7.27. The predicted octanol–water partition coefficient (Wildman–Crippen LogP) is 40.6. The smallest absolute Gasteiger partial charge is 0.139 e. The summed E-state index contributed by atoms with van der Waals surface area (Å²) in [6, 6.07) is 114. The molecule has 8 heteroatoms. The molecule has 132 heavy (non-hydrogen) atoms. The average Bonchev–Trinajstić information content (AvgIpc) is 1.61. The van der Waals surface area contributed by atoms with E-state index < -0.39 is 0 Å². The van der Waals surface area contributed by atoms with Crippen LogP contribution < -0.4 is 0 Å². The van der Waals surface area contributed by atoms with Gasteiger partial charge < -0.3 is 17.7 Å². The van der Waals surface area contributed by atoms with E-state index in [4.69, 9.17) is 17.7 Å². The molecule has 24 aromatic rings. The molecule has 0 N–H and O–H groups in total. The summed E-state index contributed by atoms with van der Waals surface area (Å²) in [7, 11) is 0. The van der Waals surface area contributed by atoms with Crippen molar-refractivity contribution in [1.29, 1.82) is 0 Å². The highest BCUT2D eigenvalue weighted by Crippen LogP contribution is 2.45. The standard InChI is InChI=1S/4C27H20OS.8C2H6/c1-2-17-14-15-19(26-20-9-3-5-11-22(20)28-27(17)26)16-18-8-7-13-24-25(18)21-10-4-6-12-23(21)29-24;1-2-17-14-15-19(27-26(17)20-9-3-5-11-22(20)28-27)16-18-8-7-13-24-25(18)21-10-4-6-12-23(21)29-24;1-2-18-12-13-19(26-21-8-3-5-9-23(21)28-27(18)26)15-17-11-14-25-22(16-17)20-7-4-6-10-24(20)29-25;1-2-18-12-13-19(27-26(18)21-8-3-5-9-23(21)28-27)15-17-11-14-25-22(16-17)20-7-4-6-10-24(20)29-25;8*1-2/h2*3-15H,2,16H2,1H3;2*3-14,16H,2,15H2,1H3;8*1-2H3. The Kier molecular flexibility index (Phi) is 34.3. The van der Waals surface area contributed by atoms with Crippen molar-refractivity contribution in [1.82, 2.24) is 0 Å². The quantitative estimate of drug-likeness (QED) is 0.122. The summed E-state index contributed by atoms with van der Waals surface area (Å²) in [4.78, 5) is 0. The Hall–Kier alpha value is -12.4. The summed E-state index contributed by atoms with van der Waals surface area (Å²) >= 11 is 7.50. The minimum absolute atomic E-state index is 0.873. The second-order valence-corrected chi connectivity index (χ2v) is 34.8. The van der Waals surface area contributed by atoms with Crippen LogP contribution in [0, 0.1) is 0 Å². The molecule has 0 aliphatic rings. The molecule has 24 rings (SSSR count). The number of fused-ring (bicyclic) bond motifs is 24. The normalized spacial score (nSPS) is 10.8. The van der Waals surface area contributed by atoms with Gasteiger partial charge in [0.2, 0.25) is 0 Å². The summed E-state index contributed by atoms with van der Waals surface area (Å²) in [5.41, 5.74) is 24.0. The Balaban J connectivity index is 0.000000142. The molecule has 4 nitrogen and oxygen atoms in total. The molecule has 0 bridgehead atoms. The van der Waals surface area contributed by atoms with Gasteiger partial charge in [0.15, 0.2) is 0 Å². The molecule has 0 unspecified atom stereocenters. The minimum atomic E-state index is 0.873. The van der Waals surface area contributed by atoms with Crippen molar-refractivity contribution >= 4 is 214 Å². The SMILES string of the molecule is CC.CC.CC.CC.CC.CC.CC.CC.CCc1ccc(Cc2ccc3sc4ccccc4c3c2)c2c1oc1ccccc12.CCc1ccc(Cc2ccc3sc4ccccc4c3c2)c2oc3ccccc3c12.CCc1ccc(Cc2cccc3sc4ccccc4c23)c2c1oc1ccccc12.CCc1ccc(Cc2cccc3sc4ccccc4c23)c2oc3ccccc3c12. The lowest BCUT2D eigenvalue weighted by Gasteiger charge is -2.08. The lowest BCUT2D eigenvalue weighted by atomic mass is 9.94. The third-order valence-corrected chi connectivity index (χ3v) is 28.3. The maximum atomic E-state index is 6.38. The van der Waals surface area contributed by atoms with Crippen LogP contribution in [0.2, 0.25) is 0 Å². The predicted molar refractivity (Wildman–Crippen MR) is 592 cm³/mol. The van der Waals surface area contributed by atoms with Gasteiger partial charge in [-0.15, -0.1) is 45.3 Å². The number of hydrogen-bond donors (Lipinski definition) is 0. The molecule has 8 aromatic heterocycles. The van der Waals surface area contributed by atoms with Crippen LogP contribution in [0.1, 0.15) is 205 Å². The summed E-state index contributed by atoms with van der Waals surface area (Å²) in [6.07, 6.45) is 7.52. The second kappa shape index (κ2) is 46.6. The van der Waals surface area contributed by atoms with Gasteiger partial charge in [-0.2, -0.15) is 0 Å². The van der Waals surface area contributed by atoms with Gasteiger partial charge in [0.1, 0.15) is 44.7 Å². The molecule has 0 aliphatic heterocycles. The summed E-state index contributed by atoms with van der Waals surface area (Å²) in [5.74, 6) is 0. The van der Waals surface area contributed by atoms with Crippen molar-refractivity contribution in [2.24, 2.45) is 0 Å². The minimum Gasteiger partial charge on any atom is -0.456 e. The first-order valence-corrected chi connectivity index (χ1v) is 51.8. The third-order valence-electron chi connectivity index (χ3n) is 23.7. The molecule has 0 aliphatic carbocycles. The molecule has 0 amide bonds. The van der Waals surface area contributed by atoms with Crippen molar-refractivity contribution in [2.45, 2.75) is 190 Å². The number of para-hydroxylation sites is 4. The number of aryl methyl sites for hydroxylation is 4. The van der Waals surface area contributed by atoms with E-state index in [1.165, 1.54) is 191 Å². The van der Waals surface area contributed by atoms with E-state index in [1.54, 1.807) is 0 Å². The zero-order valence-electron chi connectivity index (χ0n) is 80.9. The van der Waals surface area contributed by atoms with Crippen LogP contribution in [0.15, 0.2) is 333 Å². The van der Waals surface area contributed by atoms with Crippen LogP contribution in [-0.4, -0.2) is 0 Å². The van der Waals surface area contributed by atoms with E-state index in [-0.39, 0.29) is 0 Å². The van der Waals surface area contributed by atoms with Gasteiger partial charge in [-0.25, -0.2) is 0 Å². The first kappa shape index (κ1) is 97.1. The van der Waals surface area contributed by atoms with Gasteiger partial charge in [0, 0.05) is 137 Å². The Morgan fingerprint density at radius 2 is 0.394 bits per heavy atom. The van der Waals surface area contributed by atoms with Crippen molar-refractivity contribution < 1.29 is 17.7 Å². The van der Waals surface area contributed by atoms with E-state index in [1.807, 2.05) is 180 Å². The number of furan rings is 4. The number of rotatable bonds is 12. The maximum absolute atomic E-state index is 6.38. The Labute approximate surface area is 797 Å². The lowest BCUT2D eigenvalue weighted by Crippen LogP contribution is -1.92. The average molecular weight is 1810 g/mol. The fourth-order valence-electron chi connectivity index (χ4n) is 18.1.